The summed E-state index contributed by atoms with van der Waals surface area (Å²) in [6.45, 7) is 0.816. The van der Waals surface area contributed by atoms with Crippen molar-refractivity contribution < 1.29 is 32.6 Å². The molecule has 2 aromatic carbocycles. The van der Waals surface area contributed by atoms with E-state index in [-0.39, 0.29) is 12.5 Å². The number of fused-ring (bicyclic) bond motifs is 3. The minimum absolute atomic E-state index is 0.0545. The Hall–Kier alpha value is -3.03. The van der Waals surface area contributed by atoms with E-state index in [1.165, 1.54) is 0 Å². The highest BCUT2D eigenvalue weighted by molar-refractivity contribution is 5.81. The number of halogens is 3. The van der Waals surface area contributed by atoms with Gasteiger partial charge in [0.15, 0.2) is 0 Å². The van der Waals surface area contributed by atoms with Crippen LogP contribution in [0.2, 0.25) is 0 Å². The van der Waals surface area contributed by atoms with Gasteiger partial charge in [-0.05, 0) is 28.7 Å². The number of hydrogen-bond donors (Lipinski definition) is 2. The van der Waals surface area contributed by atoms with Crippen molar-refractivity contribution in [3.05, 3.63) is 59.7 Å². The molecule has 0 fully saturated rings. The minimum Gasteiger partial charge on any atom is -0.480 e. The number of carboxylic acid groups (broad SMARTS) is 1. The molecule has 3 rings (SSSR count). The van der Waals surface area contributed by atoms with Gasteiger partial charge in [-0.3, -0.25) is 0 Å². The summed E-state index contributed by atoms with van der Waals surface area (Å²) in [5.41, 5.74) is 4.00. The lowest BCUT2D eigenvalue weighted by Gasteiger charge is -2.21. The summed E-state index contributed by atoms with van der Waals surface area (Å²) in [5.74, 6) is -3.65. The lowest BCUT2D eigenvalue weighted by atomic mass is 9.98. The zero-order valence-electron chi connectivity index (χ0n) is 15.6. The highest BCUT2D eigenvalue weighted by atomic mass is 19.4. The van der Waals surface area contributed by atoms with Gasteiger partial charge in [-0.15, -0.1) is 0 Å². The van der Waals surface area contributed by atoms with Crippen LogP contribution >= 0.6 is 0 Å². The quantitative estimate of drug-likeness (QED) is 0.736. The molecule has 0 saturated heterocycles. The van der Waals surface area contributed by atoms with Crippen LogP contribution in [0.15, 0.2) is 48.5 Å². The molecule has 29 heavy (non-hydrogen) atoms. The van der Waals surface area contributed by atoms with E-state index in [0.29, 0.717) is 0 Å². The number of benzene rings is 2. The molecule has 0 bridgehead atoms. The second-order valence-corrected chi connectivity index (χ2v) is 7.04. The van der Waals surface area contributed by atoms with Crippen LogP contribution in [0.4, 0.5) is 18.0 Å². The first-order valence-corrected chi connectivity index (χ1v) is 9.09. The van der Waals surface area contributed by atoms with E-state index >= 15 is 0 Å². The second kappa shape index (κ2) is 8.14. The van der Waals surface area contributed by atoms with E-state index in [0.717, 1.165) is 29.2 Å². The maximum Gasteiger partial charge on any atom is 0.407 e. The molecule has 0 heterocycles. The molecule has 1 amide bonds. The van der Waals surface area contributed by atoms with Crippen molar-refractivity contribution in [1.29, 1.82) is 0 Å². The molecule has 0 saturated carbocycles. The molecule has 0 aromatic heterocycles. The standard InChI is InChI=1S/C21H20F3NO4/c1-12(21(22,23)24)10-18(19(26)27)25-20(28)29-11-17-15-8-4-2-6-13(15)14-7-3-5-9-16(14)17/h2-9,12,17-18H,10-11H2,1H3,(H,25,28)(H,26,27)/t12?,18-/m0/s1. The van der Waals surface area contributed by atoms with Crippen molar-refractivity contribution in [2.45, 2.75) is 31.5 Å². The Morgan fingerprint density at radius 3 is 2.07 bits per heavy atom. The van der Waals surface area contributed by atoms with Crippen molar-refractivity contribution in [3.8, 4) is 11.1 Å². The normalized spacial score (nSPS) is 15.2. The molecule has 5 nitrogen and oxygen atoms in total. The Labute approximate surface area is 165 Å². The van der Waals surface area contributed by atoms with Crippen LogP contribution in [-0.2, 0) is 9.53 Å². The molecule has 0 aliphatic heterocycles. The number of ether oxygens (including phenoxy) is 1. The average molecular weight is 407 g/mol. The molecule has 1 aliphatic carbocycles. The highest BCUT2D eigenvalue weighted by Crippen LogP contribution is 2.44. The number of alkyl carbamates (subject to hydrolysis) is 1. The summed E-state index contributed by atoms with van der Waals surface area (Å²) in [5, 5.41) is 11.2. The highest BCUT2D eigenvalue weighted by Gasteiger charge is 2.39. The lowest BCUT2D eigenvalue weighted by molar-refractivity contribution is -0.174. The first-order valence-electron chi connectivity index (χ1n) is 9.09. The molecule has 1 aliphatic rings. The van der Waals surface area contributed by atoms with Gasteiger partial charge in [-0.1, -0.05) is 55.5 Å². The van der Waals surface area contributed by atoms with E-state index in [1.54, 1.807) is 0 Å². The predicted molar refractivity (Wildman–Crippen MR) is 99.5 cm³/mol. The van der Waals surface area contributed by atoms with Gasteiger partial charge in [0.2, 0.25) is 0 Å². The number of alkyl halides is 3. The molecule has 8 heteroatoms. The Balaban J connectivity index is 1.67. The molecule has 154 valence electrons. The summed E-state index contributed by atoms with van der Waals surface area (Å²) in [7, 11) is 0. The Bertz CT molecular complexity index is 867. The van der Waals surface area contributed by atoms with Crippen molar-refractivity contribution in [2.24, 2.45) is 5.92 Å². The Morgan fingerprint density at radius 2 is 1.59 bits per heavy atom. The molecule has 0 spiro atoms. The van der Waals surface area contributed by atoms with Gasteiger partial charge in [0.05, 0.1) is 5.92 Å². The first-order chi connectivity index (χ1) is 13.7. The van der Waals surface area contributed by atoms with Crippen molar-refractivity contribution in [1.82, 2.24) is 5.32 Å². The fourth-order valence-electron chi connectivity index (χ4n) is 3.49. The SMILES string of the molecule is CC(C[C@H](NC(=O)OCC1c2ccccc2-c2ccccc21)C(=O)O)C(F)(F)F. The van der Waals surface area contributed by atoms with E-state index in [2.05, 4.69) is 0 Å². The number of carboxylic acids is 1. The second-order valence-electron chi connectivity index (χ2n) is 7.04. The maximum atomic E-state index is 12.7. The van der Waals surface area contributed by atoms with Crippen LogP contribution in [0.5, 0.6) is 0 Å². The number of hydrogen-bond acceptors (Lipinski definition) is 3. The average Bonchev–Trinajstić information content (AvgIpc) is 2.99. The van der Waals surface area contributed by atoms with Crippen LogP contribution in [-0.4, -0.2) is 36.0 Å². The summed E-state index contributed by atoms with van der Waals surface area (Å²) in [6, 6.07) is 13.6. The molecule has 0 radical (unpaired) electrons. The third kappa shape index (κ3) is 4.52. The fraction of sp³-hybridized carbons (Fsp3) is 0.333. The first kappa shape index (κ1) is 20.7. The third-order valence-corrected chi connectivity index (χ3v) is 5.08. The van der Waals surface area contributed by atoms with Crippen LogP contribution in [0.25, 0.3) is 11.1 Å². The van der Waals surface area contributed by atoms with E-state index in [4.69, 9.17) is 9.84 Å². The largest absolute Gasteiger partial charge is 0.480 e. The number of carbonyl (C=O) groups is 2. The molecule has 1 unspecified atom stereocenters. The maximum absolute atomic E-state index is 12.7. The minimum atomic E-state index is -4.55. The zero-order valence-corrected chi connectivity index (χ0v) is 15.6. The molecular formula is C21H20F3NO4. The zero-order chi connectivity index (χ0) is 21.2. The van der Waals surface area contributed by atoms with E-state index < -0.39 is 36.6 Å². The predicted octanol–water partition coefficient (Wildman–Crippen LogP) is 4.57. The summed E-state index contributed by atoms with van der Waals surface area (Å²) < 4.78 is 43.3. The Kier molecular flexibility index (Phi) is 5.81. The van der Waals surface area contributed by atoms with Gasteiger partial charge in [0, 0.05) is 5.92 Å². The number of carbonyl (C=O) groups excluding carboxylic acids is 1. The van der Waals surface area contributed by atoms with E-state index in [9.17, 15) is 22.8 Å². The molecule has 2 N–H and O–H groups in total. The molecule has 2 atom stereocenters. The number of aliphatic carboxylic acids is 1. The van der Waals surface area contributed by atoms with Crippen molar-refractivity contribution >= 4 is 12.1 Å². The van der Waals surface area contributed by atoms with Crippen molar-refractivity contribution in [3.63, 3.8) is 0 Å². The van der Waals surface area contributed by atoms with Crippen LogP contribution < -0.4 is 5.32 Å². The topological polar surface area (TPSA) is 75.6 Å². The van der Waals surface area contributed by atoms with Gasteiger partial charge in [0.1, 0.15) is 12.6 Å². The van der Waals surface area contributed by atoms with Gasteiger partial charge >= 0.3 is 18.2 Å². The summed E-state index contributed by atoms with van der Waals surface area (Å²) in [4.78, 5) is 23.3. The third-order valence-electron chi connectivity index (χ3n) is 5.08. The molecular weight excluding hydrogens is 387 g/mol. The smallest absolute Gasteiger partial charge is 0.407 e. The fourth-order valence-corrected chi connectivity index (χ4v) is 3.49. The van der Waals surface area contributed by atoms with Gasteiger partial charge in [-0.25, -0.2) is 9.59 Å². The lowest BCUT2D eigenvalue weighted by Crippen LogP contribution is -2.44. The van der Waals surface area contributed by atoms with Crippen LogP contribution in [0.1, 0.15) is 30.4 Å². The number of nitrogens with one attached hydrogen (secondary N) is 1. The Morgan fingerprint density at radius 1 is 1.07 bits per heavy atom. The van der Waals surface area contributed by atoms with Gasteiger partial charge in [0.25, 0.3) is 0 Å². The summed E-state index contributed by atoms with van der Waals surface area (Å²) in [6.07, 6.45) is -6.38. The number of rotatable bonds is 6. The van der Waals surface area contributed by atoms with Gasteiger partial charge in [-0.2, -0.15) is 13.2 Å². The van der Waals surface area contributed by atoms with Gasteiger partial charge < -0.3 is 15.2 Å². The van der Waals surface area contributed by atoms with Crippen LogP contribution in [0.3, 0.4) is 0 Å². The molecule has 2 aromatic rings. The van der Waals surface area contributed by atoms with Crippen LogP contribution in [0, 0.1) is 5.92 Å². The van der Waals surface area contributed by atoms with Crippen molar-refractivity contribution in [2.75, 3.05) is 6.61 Å². The summed E-state index contributed by atoms with van der Waals surface area (Å²) >= 11 is 0. The monoisotopic (exact) mass is 407 g/mol. The van der Waals surface area contributed by atoms with E-state index in [1.807, 2.05) is 53.8 Å². The number of amides is 1.